The minimum absolute atomic E-state index is 0.242. The smallest absolute Gasteiger partial charge is 0.209 e. The number of aromatic nitrogens is 1. The van der Waals surface area contributed by atoms with Gasteiger partial charge in [0.15, 0.2) is 0 Å². The van der Waals surface area contributed by atoms with Crippen LogP contribution in [0.15, 0.2) is 18.3 Å². The first-order valence-electron chi connectivity index (χ1n) is 6.74. The number of carbonyl (C=O) groups excluding carboxylic acids is 1. The molecule has 2 heterocycles. The highest BCUT2D eigenvalue weighted by Gasteiger charge is 2.33. The third kappa shape index (κ3) is 3.96. The van der Waals surface area contributed by atoms with Gasteiger partial charge in [-0.05, 0) is 6.07 Å². The summed E-state index contributed by atoms with van der Waals surface area (Å²) in [6.07, 6.45) is 2.97. The second-order valence-corrected chi connectivity index (χ2v) is 5.19. The topological polar surface area (TPSA) is 45.2 Å². The van der Waals surface area contributed by atoms with Crippen molar-refractivity contribution in [1.29, 1.82) is 0 Å². The lowest BCUT2D eigenvalue weighted by Gasteiger charge is -2.34. The van der Waals surface area contributed by atoms with Gasteiger partial charge in [-0.15, -0.1) is 0 Å². The van der Waals surface area contributed by atoms with Crippen molar-refractivity contribution in [2.75, 3.05) is 19.6 Å². The normalized spacial score (nSPS) is 18.0. The van der Waals surface area contributed by atoms with E-state index in [4.69, 9.17) is 0 Å². The van der Waals surface area contributed by atoms with Gasteiger partial charge in [-0.3, -0.25) is 9.78 Å². The van der Waals surface area contributed by atoms with E-state index in [2.05, 4.69) is 10.3 Å². The number of pyridine rings is 1. The number of hydrogen-bond donors (Lipinski definition) is 1. The number of nitrogens with zero attached hydrogens (tertiary/aromatic N) is 2. The second kappa shape index (κ2) is 6.74. The molecule has 0 atom stereocenters. The van der Waals surface area contributed by atoms with E-state index in [1.165, 1.54) is 6.20 Å². The Morgan fingerprint density at radius 3 is 2.70 bits per heavy atom. The van der Waals surface area contributed by atoms with Crippen LogP contribution in [-0.2, 0) is 18.0 Å². The van der Waals surface area contributed by atoms with Crippen LogP contribution >= 0.6 is 0 Å². The zero-order valence-electron chi connectivity index (χ0n) is 11.3. The molecule has 1 aromatic rings. The predicted molar refractivity (Wildman–Crippen MR) is 71.5 cm³/mol. The average molecular weight is 283 g/mol. The number of carbonyl (C=O) groups is 1. The Hall–Kier alpha value is -1.56. The van der Waals surface area contributed by atoms with Crippen LogP contribution in [0.5, 0.6) is 0 Å². The van der Waals surface area contributed by atoms with E-state index in [1.807, 2.05) is 0 Å². The molecule has 20 heavy (non-hydrogen) atoms. The summed E-state index contributed by atoms with van der Waals surface area (Å²) in [6.45, 7) is 1.10. The van der Waals surface area contributed by atoms with Gasteiger partial charge in [0, 0.05) is 50.8 Å². The van der Waals surface area contributed by atoms with Crippen LogP contribution in [0.4, 0.5) is 8.78 Å². The minimum Gasteiger partial charge on any atom is -0.345 e. The zero-order valence-corrected chi connectivity index (χ0v) is 11.3. The van der Waals surface area contributed by atoms with Gasteiger partial charge in [0.1, 0.15) is 12.3 Å². The first-order valence-corrected chi connectivity index (χ1v) is 6.74. The van der Waals surface area contributed by atoms with E-state index in [-0.39, 0.29) is 6.54 Å². The van der Waals surface area contributed by atoms with E-state index in [9.17, 15) is 13.6 Å². The van der Waals surface area contributed by atoms with Gasteiger partial charge in [-0.2, -0.15) is 0 Å². The molecule has 1 amide bonds. The lowest BCUT2D eigenvalue weighted by molar-refractivity contribution is -0.120. The molecule has 110 valence electrons. The highest BCUT2D eigenvalue weighted by Crippen LogP contribution is 2.25. The molecule has 6 heteroatoms. The number of nitrogens with one attached hydrogen (secondary N) is 1. The Morgan fingerprint density at radius 2 is 2.15 bits per heavy atom. The molecule has 1 aromatic heterocycles. The van der Waals surface area contributed by atoms with Crippen LogP contribution in [0.3, 0.4) is 0 Å². The number of amides is 1. The molecular formula is C14H19F2N3O. The maximum atomic E-state index is 14.4. The summed E-state index contributed by atoms with van der Waals surface area (Å²) in [5.74, 6) is 0. The summed E-state index contributed by atoms with van der Waals surface area (Å²) in [6, 6.07) is 3.42. The summed E-state index contributed by atoms with van der Waals surface area (Å²) in [4.78, 5) is 16.3. The monoisotopic (exact) mass is 283 g/mol. The fourth-order valence-corrected chi connectivity index (χ4v) is 2.26. The third-order valence-corrected chi connectivity index (χ3v) is 3.63. The average Bonchev–Trinajstić information content (AvgIpc) is 2.49. The van der Waals surface area contributed by atoms with Crippen molar-refractivity contribution in [2.24, 2.45) is 0 Å². The largest absolute Gasteiger partial charge is 0.345 e. The fraction of sp³-hybridized carbons (Fsp3) is 0.571. The van der Waals surface area contributed by atoms with Gasteiger partial charge in [-0.1, -0.05) is 6.07 Å². The number of piperidine rings is 1. The first-order chi connectivity index (χ1) is 9.65. The quantitative estimate of drug-likeness (QED) is 0.807. The Bertz CT molecular complexity index is 431. The maximum Gasteiger partial charge on any atom is 0.209 e. The molecule has 0 radical (unpaired) electrons. The second-order valence-electron chi connectivity index (χ2n) is 5.19. The maximum absolute atomic E-state index is 14.4. The van der Waals surface area contributed by atoms with E-state index in [1.54, 1.807) is 17.0 Å². The molecule has 1 N–H and O–H groups in total. The van der Waals surface area contributed by atoms with Gasteiger partial charge in [0.25, 0.3) is 0 Å². The molecular weight excluding hydrogens is 264 g/mol. The van der Waals surface area contributed by atoms with Crippen molar-refractivity contribution in [3.63, 3.8) is 0 Å². The number of rotatable bonds is 6. The SMILES string of the molecule is O=CN1CCC(F)(CNCc2ccc(CF)cn2)CC1. The predicted octanol–water partition coefficient (Wildman–Crippen LogP) is 1.60. The molecule has 1 fully saturated rings. The van der Waals surface area contributed by atoms with Crippen LogP contribution < -0.4 is 5.32 Å². The van der Waals surface area contributed by atoms with Crippen molar-refractivity contribution >= 4 is 6.41 Å². The molecule has 1 saturated heterocycles. The van der Waals surface area contributed by atoms with E-state index in [0.29, 0.717) is 38.0 Å². The highest BCUT2D eigenvalue weighted by atomic mass is 19.1. The number of alkyl halides is 2. The summed E-state index contributed by atoms with van der Waals surface area (Å²) >= 11 is 0. The van der Waals surface area contributed by atoms with Crippen molar-refractivity contribution in [3.8, 4) is 0 Å². The standard InChI is InChI=1S/C14H19F2N3O/c15-7-12-1-2-13(18-8-12)9-17-10-14(16)3-5-19(11-20)6-4-14/h1-2,8,11,17H,3-7,9-10H2. The molecule has 4 nitrogen and oxygen atoms in total. The van der Waals surface area contributed by atoms with Gasteiger partial charge >= 0.3 is 0 Å². The van der Waals surface area contributed by atoms with Gasteiger partial charge in [0.2, 0.25) is 6.41 Å². The molecule has 0 aliphatic carbocycles. The van der Waals surface area contributed by atoms with Crippen LogP contribution in [0, 0.1) is 0 Å². The first kappa shape index (κ1) is 14.8. The summed E-state index contributed by atoms with van der Waals surface area (Å²) in [5, 5.41) is 3.04. The van der Waals surface area contributed by atoms with Crippen LogP contribution in [0.2, 0.25) is 0 Å². The molecule has 0 spiro atoms. The lowest BCUT2D eigenvalue weighted by Crippen LogP contribution is -2.46. The van der Waals surface area contributed by atoms with E-state index >= 15 is 0 Å². The van der Waals surface area contributed by atoms with Gasteiger partial charge in [-0.25, -0.2) is 8.78 Å². The van der Waals surface area contributed by atoms with Gasteiger partial charge in [0.05, 0.1) is 5.69 Å². The summed E-state index contributed by atoms with van der Waals surface area (Å²) < 4.78 is 26.8. The van der Waals surface area contributed by atoms with Crippen molar-refractivity contribution in [3.05, 3.63) is 29.6 Å². The van der Waals surface area contributed by atoms with E-state index in [0.717, 1.165) is 12.1 Å². The van der Waals surface area contributed by atoms with Crippen molar-refractivity contribution in [1.82, 2.24) is 15.2 Å². The molecule has 1 aliphatic rings. The number of halogens is 2. The Morgan fingerprint density at radius 1 is 1.40 bits per heavy atom. The summed E-state index contributed by atoms with van der Waals surface area (Å²) in [5.41, 5.74) is 0.0337. The number of hydrogen-bond acceptors (Lipinski definition) is 3. The molecule has 2 rings (SSSR count). The molecule has 0 unspecified atom stereocenters. The van der Waals surface area contributed by atoms with Crippen LogP contribution in [-0.4, -0.2) is 41.6 Å². The lowest BCUT2D eigenvalue weighted by atomic mass is 9.93. The van der Waals surface area contributed by atoms with Gasteiger partial charge < -0.3 is 10.2 Å². The van der Waals surface area contributed by atoms with Crippen molar-refractivity contribution in [2.45, 2.75) is 31.7 Å². The molecule has 0 aromatic carbocycles. The minimum atomic E-state index is -1.27. The molecule has 1 aliphatic heterocycles. The molecule has 0 bridgehead atoms. The third-order valence-electron chi connectivity index (χ3n) is 3.63. The Kier molecular flexibility index (Phi) is 5.00. The van der Waals surface area contributed by atoms with E-state index < -0.39 is 12.3 Å². The number of likely N-dealkylation sites (tertiary alicyclic amines) is 1. The highest BCUT2D eigenvalue weighted by molar-refractivity contribution is 5.47. The van der Waals surface area contributed by atoms with Crippen LogP contribution in [0.25, 0.3) is 0 Å². The van der Waals surface area contributed by atoms with Crippen LogP contribution in [0.1, 0.15) is 24.1 Å². The molecule has 0 saturated carbocycles. The Labute approximate surface area is 117 Å². The van der Waals surface area contributed by atoms with Crippen molar-refractivity contribution < 1.29 is 13.6 Å². The fourth-order valence-electron chi connectivity index (χ4n) is 2.26. The summed E-state index contributed by atoms with van der Waals surface area (Å²) in [7, 11) is 0. The Balaban J connectivity index is 1.76. The zero-order chi connectivity index (χ0) is 14.4.